The highest BCUT2D eigenvalue weighted by molar-refractivity contribution is 6.28. The van der Waals surface area contributed by atoms with E-state index in [1.54, 1.807) is 11.1 Å². The predicted molar refractivity (Wildman–Crippen MR) is 58.8 cm³/mol. The van der Waals surface area contributed by atoms with Gasteiger partial charge in [0.15, 0.2) is 12.0 Å². The number of aromatic nitrogens is 2. The minimum absolute atomic E-state index is 0.108. The number of hydrogen-bond acceptors (Lipinski definition) is 5. The van der Waals surface area contributed by atoms with E-state index in [4.69, 9.17) is 11.6 Å². The highest BCUT2D eigenvalue weighted by atomic mass is 35.5. The number of nitrogens with zero attached hydrogens (tertiary/aromatic N) is 4. The first-order valence-electron chi connectivity index (χ1n) is 4.62. The third kappa shape index (κ3) is 1.80. The molecule has 1 N–H and O–H groups in total. The Balaban J connectivity index is 2.52. The van der Waals surface area contributed by atoms with Crippen LogP contribution in [-0.2, 0) is 0 Å². The number of rotatable bonds is 1. The van der Waals surface area contributed by atoms with E-state index in [1.165, 1.54) is 6.21 Å². The quantitative estimate of drug-likeness (QED) is 0.735. The van der Waals surface area contributed by atoms with Crippen LogP contribution in [0, 0.1) is 0 Å². The van der Waals surface area contributed by atoms with Gasteiger partial charge in [0.25, 0.3) is 0 Å². The summed E-state index contributed by atoms with van der Waals surface area (Å²) >= 11 is 5.71. The third-order valence-corrected chi connectivity index (χ3v) is 2.34. The van der Waals surface area contributed by atoms with Crippen molar-refractivity contribution in [2.75, 3.05) is 4.90 Å². The van der Waals surface area contributed by atoms with Gasteiger partial charge in [-0.2, -0.15) is 4.98 Å². The molecule has 1 aromatic rings. The summed E-state index contributed by atoms with van der Waals surface area (Å²) in [4.78, 5) is 13.7. The maximum Gasteiger partial charge on any atom is 0.224 e. The zero-order valence-corrected chi connectivity index (χ0v) is 9.18. The van der Waals surface area contributed by atoms with E-state index in [9.17, 15) is 5.11 Å². The van der Waals surface area contributed by atoms with Gasteiger partial charge in [-0.05, 0) is 25.4 Å². The molecule has 2 rings (SSSR count). The second-order valence-electron chi connectivity index (χ2n) is 3.54. The fourth-order valence-corrected chi connectivity index (χ4v) is 1.65. The lowest BCUT2D eigenvalue weighted by atomic mass is 10.2. The van der Waals surface area contributed by atoms with Crippen LogP contribution >= 0.6 is 11.6 Å². The van der Waals surface area contributed by atoms with Crippen molar-refractivity contribution in [3.05, 3.63) is 11.5 Å². The van der Waals surface area contributed by atoms with E-state index in [1.807, 2.05) is 13.8 Å². The molecule has 0 saturated carbocycles. The van der Waals surface area contributed by atoms with Gasteiger partial charge in [-0.1, -0.05) is 0 Å². The van der Waals surface area contributed by atoms with Crippen molar-refractivity contribution < 1.29 is 5.11 Å². The van der Waals surface area contributed by atoms with Gasteiger partial charge in [-0.3, -0.25) is 4.99 Å². The van der Waals surface area contributed by atoms with Crippen molar-refractivity contribution in [3.8, 4) is 0 Å². The molecule has 0 aliphatic carbocycles. The highest BCUT2D eigenvalue weighted by Crippen LogP contribution is 2.31. The molecular formula is C9H11ClN4O. The first-order valence-corrected chi connectivity index (χ1v) is 5.00. The molecule has 15 heavy (non-hydrogen) atoms. The number of aliphatic hydroxyl groups is 1. The number of aliphatic hydroxyl groups excluding tert-OH is 1. The van der Waals surface area contributed by atoms with Gasteiger partial charge in [0.1, 0.15) is 5.69 Å². The van der Waals surface area contributed by atoms with E-state index in [0.29, 0.717) is 11.5 Å². The van der Waals surface area contributed by atoms with Crippen molar-refractivity contribution in [1.29, 1.82) is 0 Å². The lowest BCUT2D eigenvalue weighted by Crippen LogP contribution is -2.43. The Morgan fingerprint density at radius 3 is 2.93 bits per heavy atom. The standard InChI is InChI=1S/C9H11ClN4O/c1-5(2)14-7(15)4-11-6-3-12-9(10)13-8(6)14/h3-5,7,15H,1-2H3. The Kier molecular flexibility index (Phi) is 2.58. The normalized spacial score (nSPS) is 19.5. The first-order chi connectivity index (χ1) is 7.09. The molecule has 1 unspecified atom stereocenters. The van der Waals surface area contributed by atoms with Crippen LogP contribution in [0.1, 0.15) is 13.8 Å². The maximum atomic E-state index is 9.75. The van der Waals surface area contributed by atoms with Gasteiger partial charge in [0.05, 0.1) is 12.4 Å². The predicted octanol–water partition coefficient (Wildman–Crippen LogP) is 1.38. The summed E-state index contributed by atoms with van der Waals surface area (Å²) in [5, 5.41) is 9.91. The molecule has 2 heterocycles. The number of hydrogen-bond donors (Lipinski definition) is 1. The van der Waals surface area contributed by atoms with E-state index in [2.05, 4.69) is 15.0 Å². The summed E-state index contributed by atoms with van der Waals surface area (Å²) in [6.07, 6.45) is 2.24. The zero-order chi connectivity index (χ0) is 11.0. The summed E-state index contributed by atoms with van der Waals surface area (Å²) in [7, 11) is 0. The van der Waals surface area contributed by atoms with Gasteiger partial charge in [-0.25, -0.2) is 4.98 Å². The Morgan fingerprint density at radius 1 is 1.53 bits per heavy atom. The maximum absolute atomic E-state index is 9.75. The van der Waals surface area contributed by atoms with Crippen LogP contribution in [0.25, 0.3) is 0 Å². The molecule has 1 aromatic heterocycles. The monoisotopic (exact) mass is 226 g/mol. The molecule has 0 bridgehead atoms. The van der Waals surface area contributed by atoms with Crippen LogP contribution in [0.15, 0.2) is 11.2 Å². The number of anilines is 1. The van der Waals surface area contributed by atoms with Crippen LogP contribution in [0.3, 0.4) is 0 Å². The van der Waals surface area contributed by atoms with E-state index in [-0.39, 0.29) is 11.3 Å². The van der Waals surface area contributed by atoms with Crippen molar-refractivity contribution >= 4 is 29.3 Å². The Hall–Kier alpha value is -1.20. The Labute approximate surface area is 92.4 Å². The van der Waals surface area contributed by atoms with E-state index >= 15 is 0 Å². The molecule has 5 nitrogen and oxygen atoms in total. The lowest BCUT2D eigenvalue weighted by molar-refractivity contribution is 0.228. The molecular weight excluding hydrogens is 216 g/mol. The summed E-state index contributed by atoms with van der Waals surface area (Å²) in [5.41, 5.74) is 0.624. The number of fused-ring (bicyclic) bond motifs is 1. The summed E-state index contributed by atoms with van der Waals surface area (Å²) in [5.74, 6) is 0.569. The third-order valence-electron chi connectivity index (χ3n) is 2.15. The van der Waals surface area contributed by atoms with Gasteiger partial charge in [0, 0.05) is 6.04 Å². The van der Waals surface area contributed by atoms with Crippen molar-refractivity contribution in [2.24, 2.45) is 4.99 Å². The molecule has 1 aliphatic heterocycles. The van der Waals surface area contributed by atoms with Crippen LogP contribution in [0.5, 0.6) is 0 Å². The van der Waals surface area contributed by atoms with E-state index < -0.39 is 6.23 Å². The molecule has 0 aromatic carbocycles. The minimum atomic E-state index is -0.761. The second-order valence-corrected chi connectivity index (χ2v) is 3.88. The summed E-state index contributed by atoms with van der Waals surface area (Å²) in [6.45, 7) is 3.92. The topological polar surface area (TPSA) is 61.6 Å². The average Bonchev–Trinajstić information content (AvgIpc) is 2.16. The fourth-order valence-electron chi connectivity index (χ4n) is 1.52. The molecule has 0 radical (unpaired) electrons. The van der Waals surface area contributed by atoms with Gasteiger partial charge >= 0.3 is 0 Å². The minimum Gasteiger partial charge on any atom is -0.368 e. The number of halogens is 1. The van der Waals surface area contributed by atoms with Gasteiger partial charge in [-0.15, -0.1) is 0 Å². The van der Waals surface area contributed by atoms with Crippen LogP contribution in [-0.4, -0.2) is 33.6 Å². The largest absolute Gasteiger partial charge is 0.368 e. The van der Waals surface area contributed by atoms with Crippen molar-refractivity contribution in [1.82, 2.24) is 9.97 Å². The first kappa shape index (κ1) is 10.3. The average molecular weight is 227 g/mol. The second kappa shape index (κ2) is 3.75. The SMILES string of the molecule is CC(C)N1c2nc(Cl)ncc2N=CC1O. The fraction of sp³-hybridized carbons (Fsp3) is 0.444. The molecule has 0 saturated heterocycles. The van der Waals surface area contributed by atoms with Crippen LogP contribution in [0.2, 0.25) is 5.28 Å². The molecule has 80 valence electrons. The van der Waals surface area contributed by atoms with Crippen molar-refractivity contribution in [2.45, 2.75) is 26.1 Å². The van der Waals surface area contributed by atoms with Crippen LogP contribution in [0.4, 0.5) is 11.5 Å². The molecule has 1 aliphatic rings. The Morgan fingerprint density at radius 2 is 2.27 bits per heavy atom. The molecule has 0 spiro atoms. The van der Waals surface area contributed by atoms with E-state index in [0.717, 1.165) is 0 Å². The number of aliphatic imine (C=N–C) groups is 1. The smallest absolute Gasteiger partial charge is 0.224 e. The lowest BCUT2D eigenvalue weighted by Gasteiger charge is -2.33. The van der Waals surface area contributed by atoms with Gasteiger partial charge < -0.3 is 10.0 Å². The van der Waals surface area contributed by atoms with Gasteiger partial charge in [0.2, 0.25) is 5.28 Å². The zero-order valence-electron chi connectivity index (χ0n) is 8.42. The van der Waals surface area contributed by atoms with Crippen LogP contribution < -0.4 is 4.90 Å². The Bertz CT molecular complexity index is 407. The highest BCUT2D eigenvalue weighted by Gasteiger charge is 2.25. The molecule has 6 heteroatoms. The van der Waals surface area contributed by atoms with Crippen molar-refractivity contribution in [3.63, 3.8) is 0 Å². The molecule has 0 amide bonds. The summed E-state index contributed by atoms with van der Waals surface area (Å²) in [6, 6.07) is 0.108. The summed E-state index contributed by atoms with van der Waals surface area (Å²) < 4.78 is 0. The molecule has 1 atom stereocenters. The molecule has 0 fully saturated rings.